The first-order valence-corrected chi connectivity index (χ1v) is 4.32. The van der Waals surface area contributed by atoms with Crippen LogP contribution in [0, 0.1) is 12.3 Å². The lowest BCUT2D eigenvalue weighted by molar-refractivity contribution is 0.853. The van der Waals surface area contributed by atoms with Crippen LogP contribution in [0.25, 0.3) is 0 Å². The first-order valence-electron chi connectivity index (χ1n) is 4.32. The standard InChI is InChI=1S/C10H15N3/c1-8-3-2-4-9(7-8)5-6-13-10(11)12/h2-4,7H,5-6H2,1H3,(H4,11,12,13). The quantitative estimate of drug-likeness (QED) is 0.477. The number of rotatable bonds is 3. The van der Waals surface area contributed by atoms with E-state index in [2.05, 4.69) is 30.4 Å². The summed E-state index contributed by atoms with van der Waals surface area (Å²) >= 11 is 0. The summed E-state index contributed by atoms with van der Waals surface area (Å²) in [6.45, 7) is 2.79. The Morgan fingerprint density at radius 1 is 1.54 bits per heavy atom. The number of nitrogens with two attached hydrogens (primary N) is 1. The van der Waals surface area contributed by atoms with Gasteiger partial charge in [-0.05, 0) is 18.9 Å². The summed E-state index contributed by atoms with van der Waals surface area (Å²) < 4.78 is 0. The van der Waals surface area contributed by atoms with Crippen LogP contribution in [0.4, 0.5) is 0 Å². The van der Waals surface area contributed by atoms with E-state index >= 15 is 0 Å². The Kier molecular flexibility index (Phi) is 3.31. The van der Waals surface area contributed by atoms with Gasteiger partial charge in [-0.3, -0.25) is 5.41 Å². The van der Waals surface area contributed by atoms with Gasteiger partial charge in [0.2, 0.25) is 0 Å². The Bertz CT molecular complexity index is 294. The first-order chi connectivity index (χ1) is 6.18. The minimum atomic E-state index is 0.0349. The number of aryl methyl sites for hydroxylation is 1. The number of nitrogens with one attached hydrogen (secondary N) is 2. The Morgan fingerprint density at radius 2 is 2.31 bits per heavy atom. The Labute approximate surface area is 78.5 Å². The van der Waals surface area contributed by atoms with Gasteiger partial charge >= 0.3 is 0 Å². The second-order valence-corrected chi connectivity index (χ2v) is 3.08. The molecule has 0 aliphatic carbocycles. The monoisotopic (exact) mass is 177 g/mol. The molecule has 0 unspecified atom stereocenters. The lowest BCUT2D eigenvalue weighted by Gasteiger charge is -2.04. The highest BCUT2D eigenvalue weighted by molar-refractivity contribution is 5.74. The lowest BCUT2D eigenvalue weighted by Crippen LogP contribution is -2.31. The third kappa shape index (κ3) is 3.60. The minimum Gasteiger partial charge on any atom is -0.370 e. The van der Waals surface area contributed by atoms with Gasteiger partial charge in [-0.15, -0.1) is 0 Å². The molecule has 13 heavy (non-hydrogen) atoms. The Morgan fingerprint density at radius 3 is 2.92 bits per heavy atom. The molecular weight excluding hydrogens is 162 g/mol. The van der Waals surface area contributed by atoms with E-state index < -0.39 is 0 Å². The van der Waals surface area contributed by atoms with E-state index in [4.69, 9.17) is 11.1 Å². The molecule has 0 saturated carbocycles. The molecule has 4 N–H and O–H groups in total. The van der Waals surface area contributed by atoms with Crippen molar-refractivity contribution in [2.75, 3.05) is 6.54 Å². The SMILES string of the molecule is Cc1cccc(CCNC(=N)N)c1. The van der Waals surface area contributed by atoms with Crippen LogP contribution in [-0.2, 0) is 6.42 Å². The fourth-order valence-electron chi connectivity index (χ4n) is 1.21. The van der Waals surface area contributed by atoms with Crippen molar-refractivity contribution in [2.24, 2.45) is 5.73 Å². The number of benzene rings is 1. The normalized spacial score (nSPS) is 9.62. The molecule has 0 heterocycles. The van der Waals surface area contributed by atoms with Crippen LogP contribution in [-0.4, -0.2) is 12.5 Å². The first kappa shape index (κ1) is 9.58. The van der Waals surface area contributed by atoms with Crippen molar-refractivity contribution in [3.63, 3.8) is 0 Å². The maximum absolute atomic E-state index is 6.97. The third-order valence-electron chi connectivity index (χ3n) is 1.81. The Balaban J connectivity index is 2.41. The summed E-state index contributed by atoms with van der Waals surface area (Å²) in [5, 5.41) is 9.74. The Hall–Kier alpha value is -1.51. The predicted molar refractivity (Wildman–Crippen MR) is 54.8 cm³/mol. The van der Waals surface area contributed by atoms with Crippen molar-refractivity contribution in [3.8, 4) is 0 Å². The highest BCUT2D eigenvalue weighted by Crippen LogP contribution is 2.03. The second-order valence-electron chi connectivity index (χ2n) is 3.08. The third-order valence-corrected chi connectivity index (χ3v) is 1.81. The summed E-state index contributed by atoms with van der Waals surface area (Å²) in [4.78, 5) is 0. The molecule has 3 nitrogen and oxygen atoms in total. The van der Waals surface area contributed by atoms with E-state index in [1.165, 1.54) is 11.1 Å². The molecule has 0 fully saturated rings. The molecule has 0 bridgehead atoms. The summed E-state index contributed by atoms with van der Waals surface area (Å²) in [5.41, 5.74) is 7.69. The lowest BCUT2D eigenvalue weighted by atomic mass is 10.1. The van der Waals surface area contributed by atoms with Crippen molar-refractivity contribution in [1.29, 1.82) is 5.41 Å². The molecule has 1 aromatic carbocycles. The summed E-state index contributed by atoms with van der Waals surface area (Å²) in [5.74, 6) is 0.0349. The predicted octanol–water partition coefficient (Wildman–Crippen LogP) is 1.02. The van der Waals surface area contributed by atoms with Gasteiger partial charge in [0.05, 0.1) is 0 Å². The maximum atomic E-state index is 6.97. The zero-order chi connectivity index (χ0) is 9.68. The van der Waals surface area contributed by atoms with Crippen LogP contribution in [0.5, 0.6) is 0 Å². The zero-order valence-corrected chi connectivity index (χ0v) is 7.80. The smallest absolute Gasteiger partial charge is 0.185 e. The van der Waals surface area contributed by atoms with Crippen molar-refractivity contribution in [1.82, 2.24) is 5.32 Å². The topological polar surface area (TPSA) is 61.9 Å². The molecule has 1 rings (SSSR count). The largest absolute Gasteiger partial charge is 0.370 e. The van der Waals surface area contributed by atoms with Crippen LogP contribution in [0.3, 0.4) is 0 Å². The summed E-state index contributed by atoms with van der Waals surface area (Å²) in [6.07, 6.45) is 0.904. The van der Waals surface area contributed by atoms with Gasteiger partial charge in [-0.2, -0.15) is 0 Å². The van der Waals surface area contributed by atoms with Gasteiger partial charge in [0.1, 0.15) is 0 Å². The van der Waals surface area contributed by atoms with Gasteiger partial charge in [0.15, 0.2) is 5.96 Å². The molecule has 0 amide bonds. The molecule has 0 spiro atoms. The number of hydrogen-bond acceptors (Lipinski definition) is 1. The van der Waals surface area contributed by atoms with Gasteiger partial charge in [0.25, 0.3) is 0 Å². The molecule has 0 aliphatic rings. The molecule has 0 radical (unpaired) electrons. The molecule has 1 aromatic rings. The van der Waals surface area contributed by atoms with Crippen molar-refractivity contribution in [3.05, 3.63) is 35.4 Å². The number of guanidine groups is 1. The van der Waals surface area contributed by atoms with Gasteiger partial charge in [-0.25, -0.2) is 0 Å². The van der Waals surface area contributed by atoms with Crippen molar-refractivity contribution >= 4 is 5.96 Å². The van der Waals surface area contributed by atoms with Crippen LogP contribution in [0.2, 0.25) is 0 Å². The van der Waals surface area contributed by atoms with E-state index in [0.717, 1.165) is 13.0 Å². The van der Waals surface area contributed by atoms with Crippen LogP contribution < -0.4 is 11.1 Å². The van der Waals surface area contributed by atoms with Crippen LogP contribution in [0.1, 0.15) is 11.1 Å². The van der Waals surface area contributed by atoms with E-state index in [-0.39, 0.29) is 5.96 Å². The van der Waals surface area contributed by atoms with Crippen LogP contribution in [0.15, 0.2) is 24.3 Å². The van der Waals surface area contributed by atoms with Gasteiger partial charge < -0.3 is 11.1 Å². The molecule has 0 aromatic heterocycles. The molecular formula is C10H15N3. The van der Waals surface area contributed by atoms with Crippen molar-refractivity contribution in [2.45, 2.75) is 13.3 Å². The average Bonchev–Trinajstić information content (AvgIpc) is 2.03. The molecule has 0 aliphatic heterocycles. The van der Waals surface area contributed by atoms with Crippen molar-refractivity contribution < 1.29 is 0 Å². The summed E-state index contributed by atoms with van der Waals surface area (Å²) in [7, 11) is 0. The average molecular weight is 177 g/mol. The fourth-order valence-corrected chi connectivity index (χ4v) is 1.21. The van der Waals surface area contributed by atoms with Gasteiger partial charge in [0, 0.05) is 6.54 Å². The number of hydrogen-bond donors (Lipinski definition) is 3. The molecule has 0 saturated heterocycles. The molecule has 70 valence electrons. The van der Waals surface area contributed by atoms with E-state index in [9.17, 15) is 0 Å². The fraction of sp³-hybridized carbons (Fsp3) is 0.300. The van der Waals surface area contributed by atoms with E-state index in [0.29, 0.717) is 0 Å². The summed E-state index contributed by atoms with van der Waals surface area (Å²) in [6, 6.07) is 8.33. The van der Waals surface area contributed by atoms with E-state index in [1.54, 1.807) is 0 Å². The second kappa shape index (κ2) is 4.50. The maximum Gasteiger partial charge on any atom is 0.185 e. The van der Waals surface area contributed by atoms with E-state index in [1.807, 2.05) is 6.07 Å². The highest BCUT2D eigenvalue weighted by Gasteiger charge is 1.93. The van der Waals surface area contributed by atoms with Gasteiger partial charge in [-0.1, -0.05) is 29.8 Å². The van der Waals surface area contributed by atoms with Crippen LogP contribution >= 0.6 is 0 Å². The molecule has 3 heteroatoms. The zero-order valence-electron chi connectivity index (χ0n) is 7.80. The molecule has 0 atom stereocenters. The minimum absolute atomic E-state index is 0.0349. The highest BCUT2D eigenvalue weighted by atomic mass is 15.0.